The third-order valence-electron chi connectivity index (χ3n) is 4.74. The second-order valence-electron chi connectivity index (χ2n) is 6.68. The Balaban J connectivity index is 1.75. The van der Waals surface area contributed by atoms with Crippen molar-refractivity contribution in [1.82, 2.24) is 9.03 Å². The van der Waals surface area contributed by atoms with Gasteiger partial charge in [0, 0.05) is 24.3 Å². The second kappa shape index (κ2) is 8.62. The van der Waals surface area contributed by atoms with E-state index >= 15 is 0 Å². The Labute approximate surface area is 171 Å². The van der Waals surface area contributed by atoms with E-state index in [0.29, 0.717) is 18.8 Å². The summed E-state index contributed by atoms with van der Waals surface area (Å²) >= 11 is 0. The Morgan fingerprint density at radius 3 is 2.17 bits per heavy atom. The van der Waals surface area contributed by atoms with Crippen LogP contribution in [0, 0.1) is 0 Å². The Morgan fingerprint density at radius 2 is 1.55 bits per heavy atom. The molecule has 0 aliphatic carbocycles. The van der Waals surface area contributed by atoms with Gasteiger partial charge in [0.05, 0.1) is 9.79 Å². The minimum absolute atomic E-state index is 0.0179. The molecule has 0 bridgehead atoms. The molecule has 0 aromatic heterocycles. The molecule has 0 radical (unpaired) electrons. The molecule has 1 aliphatic rings. The van der Waals surface area contributed by atoms with Crippen LogP contribution >= 0.6 is 0 Å². The molecule has 0 spiro atoms. The number of carbonyl (C=O) groups excluding carboxylic acids is 1. The Hall–Kier alpha value is -2.27. The number of hydrogen-bond donors (Lipinski definition) is 2. The van der Waals surface area contributed by atoms with Gasteiger partial charge in [0.15, 0.2) is 0 Å². The zero-order chi connectivity index (χ0) is 21.1. The molecule has 156 valence electrons. The summed E-state index contributed by atoms with van der Waals surface area (Å²) < 4.78 is 52.8. The lowest BCUT2D eigenvalue weighted by atomic mass is 10.2. The standard InChI is InChI=1S/C19H23N3O5S2/c1-20-28(24,25)18-7-5-6-15(14-18)19(23)21-16-8-10-17(11-9-16)29(26,27)22-12-3-2-4-13-22/h5-11,14,20H,2-4,12-13H2,1H3,(H,21,23). The van der Waals surface area contributed by atoms with E-state index < -0.39 is 26.0 Å². The fourth-order valence-electron chi connectivity index (χ4n) is 3.09. The maximum Gasteiger partial charge on any atom is 0.255 e. The number of nitrogens with one attached hydrogen (secondary N) is 2. The first kappa shape index (κ1) is 21.4. The molecular formula is C19H23N3O5S2. The number of sulfonamides is 2. The number of anilines is 1. The molecule has 1 fully saturated rings. The molecule has 8 nitrogen and oxygen atoms in total. The van der Waals surface area contributed by atoms with E-state index in [1.54, 1.807) is 0 Å². The highest BCUT2D eigenvalue weighted by Crippen LogP contribution is 2.22. The topological polar surface area (TPSA) is 113 Å². The number of hydrogen-bond acceptors (Lipinski definition) is 5. The van der Waals surface area contributed by atoms with Gasteiger partial charge >= 0.3 is 0 Å². The number of piperidine rings is 1. The predicted molar refractivity (Wildman–Crippen MR) is 110 cm³/mol. The lowest BCUT2D eigenvalue weighted by molar-refractivity contribution is 0.102. The van der Waals surface area contributed by atoms with E-state index in [2.05, 4.69) is 10.0 Å². The summed E-state index contributed by atoms with van der Waals surface area (Å²) in [5, 5.41) is 2.65. The average molecular weight is 438 g/mol. The molecule has 1 aliphatic heterocycles. The van der Waals surface area contributed by atoms with Crippen LogP contribution in [0.1, 0.15) is 29.6 Å². The smallest absolute Gasteiger partial charge is 0.255 e. The van der Waals surface area contributed by atoms with Crippen molar-refractivity contribution in [3.8, 4) is 0 Å². The van der Waals surface area contributed by atoms with E-state index in [9.17, 15) is 21.6 Å². The van der Waals surface area contributed by atoms with E-state index in [4.69, 9.17) is 0 Å². The molecular weight excluding hydrogens is 414 g/mol. The van der Waals surface area contributed by atoms with Gasteiger partial charge in [-0.25, -0.2) is 21.6 Å². The molecule has 2 aromatic rings. The Bertz CT molecular complexity index is 1090. The van der Waals surface area contributed by atoms with Gasteiger partial charge < -0.3 is 5.32 Å². The van der Waals surface area contributed by atoms with Crippen LogP contribution in [0.25, 0.3) is 0 Å². The first-order chi connectivity index (χ1) is 13.7. The van der Waals surface area contributed by atoms with Crippen molar-refractivity contribution in [1.29, 1.82) is 0 Å². The fraction of sp³-hybridized carbons (Fsp3) is 0.316. The van der Waals surface area contributed by atoms with Crippen LogP contribution in [0.3, 0.4) is 0 Å². The maximum absolute atomic E-state index is 12.7. The molecule has 1 heterocycles. The van der Waals surface area contributed by atoms with Gasteiger partial charge in [-0.2, -0.15) is 4.31 Å². The summed E-state index contributed by atoms with van der Waals surface area (Å²) in [7, 11) is -5.91. The van der Waals surface area contributed by atoms with Crippen molar-refractivity contribution in [3.63, 3.8) is 0 Å². The maximum atomic E-state index is 12.7. The minimum Gasteiger partial charge on any atom is -0.322 e. The van der Waals surface area contributed by atoms with Crippen LogP contribution in [0.5, 0.6) is 0 Å². The van der Waals surface area contributed by atoms with Crippen LogP contribution in [-0.4, -0.2) is 47.2 Å². The van der Waals surface area contributed by atoms with Gasteiger partial charge in [-0.1, -0.05) is 12.5 Å². The van der Waals surface area contributed by atoms with Crippen molar-refractivity contribution in [2.75, 3.05) is 25.5 Å². The van der Waals surface area contributed by atoms with E-state index in [-0.39, 0.29) is 15.4 Å². The molecule has 10 heteroatoms. The van der Waals surface area contributed by atoms with Crippen molar-refractivity contribution in [2.24, 2.45) is 0 Å². The van der Waals surface area contributed by atoms with Crippen LogP contribution in [0.15, 0.2) is 58.3 Å². The van der Waals surface area contributed by atoms with E-state index in [1.807, 2.05) is 0 Å². The molecule has 3 rings (SSSR count). The summed E-state index contributed by atoms with van der Waals surface area (Å²) in [6.45, 7) is 1.04. The van der Waals surface area contributed by atoms with Gasteiger partial charge in [0.2, 0.25) is 20.0 Å². The number of nitrogens with zero attached hydrogens (tertiary/aromatic N) is 1. The first-order valence-corrected chi connectivity index (χ1v) is 12.1. The van der Waals surface area contributed by atoms with Crippen molar-refractivity contribution in [2.45, 2.75) is 29.1 Å². The van der Waals surface area contributed by atoms with Crippen molar-refractivity contribution >= 4 is 31.6 Å². The molecule has 1 amide bonds. The largest absolute Gasteiger partial charge is 0.322 e. The normalized spacial score (nSPS) is 15.8. The zero-order valence-corrected chi connectivity index (χ0v) is 17.6. The monoisotopic (exact) mass is 437 g/mol. The molecule has 2 N–H and O–H groups in total. The molecule has 1 saturated heterocycles. The third-order valence-corrected chi connectivity index (χ3v) is 8.07. The van der Waals surface area contributed by atoms with Crippen LogP contribution < -0.4 is 10.0 Å². The fourth-order valence-corrected chi connectivity index (χ4v) is 5.38. The second-order valence-corrected chi connectivity index (χ2v) is 10.5. The zero-order valence-electron chi connectivity index (χ0n) is 16.0. The summed E-state index contributed by atoms with van der Waals surface area (Å²) in [6.07, 6.45) is 2.75. The number of rotatable bonds is 6. The SMILES string of the molecule is CNS(=O)(=O)c1cccc(C(=O)Nc2ccc(S(=O)(=O)N3CCCCC3)cc2)c1. The highest BCUT2D eigenvalue weighted by Gasteiger charge is 2.25. The number of carbonyl (C=O) groups is 1. The van der Waals surface area contributed by atoms with Gasteiger partial charge in [-0.3, -0.25) is 4.79 Å². The number of benzene rings is 2. The van der Waals surface area contributed by atoms with E-state index in [1.165, 1.54) is 59.9 Å². The van der Waals surface area contributed by atoms with Crippen molar-refractivity contribution < 1.29 is 21.6 Å². The molecule has 2 aromatic carbocycles. The summed E-state index contributed by atoms with van der Waals surface area (Å²) in [5.74, 6) is -0.496. The highest BCUT2D eigenvalue weighted by molar-refractivity contribution is 7.89. The van der Waals surface area contributed by atoms with Crippen LogP contribution in [0.2, 0.25) is 0 Å². The molecule has 0 atom stereocenters. The quantitative estimate of drug-likeness (QED) is 0.718. The highest BCUT2D eigenvalue weighted by atomic mass is 32.2. The van der Waals surface area contributed by atoms with Crippen molar-refractivity contribution in [3.05, 3.63) is 54.1 Å². The third kappa shape index (κ3) is 4.84. The summed E-state index contributed by atoms with van der Waals surface area (Å²) in [6, 6.07) is 11.6. The van der Waals surface area contributed by atoms with Gasteiger partial charge in [-0.15, -0.1) is 0 Å². The minimum atomic E-state index is -3.66. The average Bonchev–Trinajstić information content (AvgIpc) is 2.75. The Morgan fingerprint density at radius 1 is 0.897 bits per heavy atom. The van der Waals surface area contributed by atoms with Crippen LogP contribution in [0.4, 0.5) is 5.69 Å². The first-order valence-electron chi connectivity index (χ1n) is 9.19. The van der Waals surface area contributed by atoms with E-state index in [0.717, 1.165) is 19.3 Å². The molecule has 29 heavy (non-hydrogen) atoms. The van der Waals surface area contributed by atoms with Gasteiger partial charge in [0.25, 0.3) is 5.91 Å². The summed E-state index contributed by atoms with van der Waals surface area (Å²) in [5.41, 5.74) is 0.584. The lowest BCUT2D eigenvalue weighted by Gasteiger charge is -2.25. The lowest BCUT2D eigenvalue weighted by Crippen LogP contribution is -2.35. The van der Waals surface area contributed by atoms with Crippen LogP contribution in [-0.2, 0) is 20.0 Å². The molecule has 0 unspecified atom stereocenters. The molecule has 0 saturated carbocycles. The van der Waals surface area contributed by atoms with Gasteiger partial charge in [-0.05, 0) is 62.4 Å². The summed E-state index contributed by atoms with van der Waals surface area (Å²) in [4.78, 5) is 12.6. The predicted octanol–water partition coefficient (Wildman–Crippen LogP) is 2.02. The Kier molecular flexibility index (Phi) is 6.37. The number of amides is 1. The van der Waals surface area contributed by atoms with Gasteiger partial charge in [0.1, 0.15) is 0 Å².